The minimum absolute atomic E-state index is 0.00933. The molecule has 0 bridgehead atoms. The molecule has 1 fully saturated rings. The van der Waals surface area contributed by atoms with Gasteiger partial charge < -0.3 is 15.8 Å². The van der Waals surface area contributed by atoms with Crippen molar-refractivity contribution in [3.8, 4) is 0 Å². The number of nitrogens with one attached hydrogen (secondary N) is 1. The van der Waals surface area contributed by atoms with Crippen LogP contribution in [0.2, 0.25) is 0 Å². The van der Waals surface area contributed by atoms with Crippen LogP contribution in [0.3, 0.4) is 0 Å². The van der Waals surface area contributed by atoms with Crippen molar-refractivity contribution in [2.75, 3.05) is 17.7 Å². The lowest BCUT2D eigenvalue weighted by atomic mass is 10.0. The van der Waals surface area contributed by atoms with Crippen molar-refractivity contribution in [1.82, 2.24) is 4.98 Å². The summed E-state index contributed by atoms with van der Waals surface area (Å²) in [4.78, 5) is 16.6. The number of ether oxygens (including phenoxy) is 1. The molecule has 1 aromatic heterocycles. The van der Waals surface area contributed by atoms with Crippen LogP contribution in [0.25, 0.3) is 10.9 Å². The molecule has 2 atom stereocenters. The highest BCUT2D eigenvalue weighted by molar-refractivity contribution is 6.05. The van der Waals surface area contributed by atoms with E-state index in [4.69, 9.17) is 10.5 Å². The molecule has 5 nitrogen and oxygen atoms in total. The maximum atomic E-state index is 12.3. The number of amides is 1. The Morgan fingerprint density at radius 3 is 3.05 bits per heavy atom. The Hall–Kier alpha value is -2.14. The van der Waals surface area contributed by atoms with Gasteiger partial charge in [-0.05, 0) is 37.6 Å². The fourth-order valence-electron chi connectivity index (χ4n) is 2.60. The first-order chi connectivity index (χ1) is 9.66. The van der Waals surface area contributed by atoms with E-state index in [1.807, 2.05) is 25.1 Å². The monoisotopic (exact) mass is 271 g/mol. The predicted molar refractivity (Wildman–Crippen MR) is 78.3 cm³/mol. The molecule has 0 radical (unpaired) electrons. The Morgan fingerprint density at radius 2 is 2.30 bits per heavy atom. The second-order valence-electron chi connectivity index (χ2n) is 5.06. The molecule has 3 rings (SSSR count). The molecule has 2 aromatic rings. The number of nitrogens with two attached hydrogens (primary N) is 1. The lowest BCUT2D eigenvalue weighted by Crippen LogP contribution is -2.27. The van der Waals surface area contributed by atoms with Crippen LogP contribution in [0.1, 0.15) is 13.3 Å². The molecule has 0 saturated carbocycles. The molecule has 1 aromatic carbocycles. The number of rotatable bonds is 2. The van der Waals surface area contributed by atoms with Crippen LogP contribution in [-0.2, 0) is 9.53 Å². The SMILES string of the molecule is CC1OCCC1C(=O)Nc1ccc(N)c2ncccc12. The first-order valence-electron chi connectivity index (χ1n) is 6.72. The number of benzene rings is 1. The quantitative estimate of drug-likeness (QED) is 0.821. The van der Waals surface area contributed by atoms with E-state index in [1.165, 1.54) is 0 Å². The van der Waals surface area contributed by atoms with Gasteiger partial charge >= 0.3 is 0 Å². The number of aromatic nitrogens is 1. The summed E-state index contributed by atoms with van der Waals surface area (Å²) in [6, 6.07) is 7.32. The summed E-state index contributed by atoms with van der Waals surface area (Å²) in [6.45, 7) is 2.57. The number of nitrogens with zero attached hydrogens (tertiary/aromatic N) is 1. The highest BCUT2D eigenvalue weighted by Crippen LogP contribution is 2.28. The van der Waals surface area contributed by atoms with Crippen LogP contribution in [0.5, 0.6) is 0 Å². The maximum Gasteiger partial charge on any atom is 0.230 e. The number of pyridine rings is 1. The van der Waals surface area contributed by atoms with Gasteiger partial charge in [0.25, 0.3) is 0 Å². The zero-order valence-corrected chi connectivity index (χ0v) is 11.3. The van der Waals surface area contributed by atoms with Crippen molar-refractivity contribution in [3.05, 3.63) is 30.5 Å². The van der Waals surface area contributed by atoms with Gasteiger partial charge in [-0.1, -0.05) is 0 Å². The number of hydrogen-bond acceptors (Lipinski definition) is 4. The minimum Gasteiger partial charge on any atom is -0.397 e. The summed E-state index contributed by atoms with van der Waals surface area (Å²) in [5.41, 5.74) is 7.96. The number of fused-ring (bicyclic) bond motifs is 1. The highest BCUT2D eigenvalue weighted by atomic mass is 16.5. The van der Waals surface area contributed by atoms with Gasteiger partial charge in [0.1, 0.15) is 0 Å². The van der Waals surface area contributed by atoms with E-state index in [1.54, 1.807) is 12.3 Å². The second kappa shape index (κ2) is 5.09. The smallest absolute Gasteiger partial charge is 0.230 e. The first-order valence-corrected chi connectivity index (χ1v) is 6.72. The molecule has 5 heteroatoms. The molecule has 1 aliphatic rings. The Kier molecular flexibility index (Phi) is 3.28. The molecular weight excluding hydrogens is 254 g/mol. The van der Waals surface area contributed by atoms with E-state index in [9.17, 15) is 4.79 Å². The van der Waals surface area contributed by atoms with E-state index in [0.717, 1.165) is 17.5 Å². The molecule has 3 N–H and O–H groups in total. The van der Waals surface area contributed by atoms with Gasteiger partial charge in [-0.25, -0.2) is 0 Å². The predicted octanol–water partition coefficient (Wildman–Crippen LogP) is 2.18. The molecule has 20 heavy (non-hydrogen) atoms. The molecule has 2 heterocycles. The molecule has 1 saturated heterocycles. The van der Waals surface area contributed by atoms with E-state index >= 15 is 0 Å². The number of carbonyl (C=O) groups excluding carboxylic acids is 1. The molecule has 0 spiro atoms. The van der Waals surface area contributed by atoms with Gasteiger partial charge in [-0.2, -0.15) is 0 Å². The van der Waals surface area contributed by atoms with E-state index in [0.29, 0.717) is 17.8 Å². The molecule has 2 unspecified atom stereocenters. The van der Waals surface area contributed by atoms with Crippen molar-refractivity contribution < 1.29 is 9.53 Å². The Labute approximate surface area is 117 Å². The second-order valence-corrected chi connectivity index (χ2v) is 5.06. The van der Waals surface area contributed by atoms with E-state index < -0.39 is 0 Å². The lowest BCUT2D eigenvalue weighted by molar-refractivity contribution is -0.121. The highest BCUT2D eigenvalue weighted by Gasteiger charge is 2.30. The van der Waals surface area contributed by atoms with Crippen molar-refractivity contribution in [2.45, 2.75) is 19.4 Å². The molecule has 1 amide bonds. The Balaban J connectivity index is 1.91. The standard InChI is InChI=1S/C15H17N3O2/c1-9-10(6-8-20-9)15(19)18-13-5-4-12(16)14-11(13)3-2-7-17-14/h2-5,7,9-10H,6,8,16H2,1H3,(H,18,19). The van der Waals surface area contributed by atoms with Crippen molar-refractivity contribution in [2.24, 2.45) is 5.92 Å². The third-order valence-corrected chi connectivity index (χ3v) is 3.77. The Bertz CT molecular complexity index is 657. The zero-order valence-electron chi connectivity index (χ0n) is 11.3. The third-order valence-electron chi connectivity index (χ3n) is 3.77. The molecule has 104 valence electrons. The van der Waals surface area contributed by atoms with Crippen LogP contribution >= 0.6 is 0 Å². The van der Waals surface area contributed by atoms with Crippen molar-refractivity contribution in [1.29, 1.82) is 0 Å². The maximum absolute atomic E-state index is 12.3. The summed E-state index contributed by atoms with van der Waals surface area (Å²) >= 11 is 0. The summed E-state index contributed by atoms with van der Waals surface area (Å²) < 4.78 is 5.44. The summed E-state index contributed by atoms with van der Waals surface area (Å²) in [5.74, 6) is -0.107. The van der Waals surface area contributed by atoms with Crippen LogP contribution in [0.15, 0.2) is 30.5 Å². The number of hydrogen-bond donors (Lipinski definition) is 2. The average Bonchev–Trinajstić information content (AvgIpc) is 2.88. The fourth-order valence-corrected chi connectivity index (χ4v) is 2.60. The van der Waals surface area contributed by atoms with Gasteiger partial charge in [-0.15, -0.1) is 0 Å². The average molecular weight is 271 g/mol. The topological polar surface area (TPSA) is 77.2 Å². The van der Waals surface area contributed by atoms with Gasteiger partial charge in [0.05, 0.1) is 28.9 Å². The van der Waals surface area contributed by atoms with E-state index in [-0.39, 0.29) is 17.9 Å². The molecular formula is C15H17N3O2. The van der Waals surface area contributed by atoms with E-state index in [2.05, 4.69) is 10.3 Å². The third kappa shape index (κ3) is 2.20. The van der Waals surface area contributed by atoms with Crippen LogP contribution in [-0.4, -0.2) is 23.6 Å². The van der Waals surface area contributed by atoms with Gasteiger partial charge in [-0.3, -0.25) is 9.78 Å². The van der Waals surface area contributed by atoms with Gasteiger partial charge in [0.15, 0.2) is 0 Å². The van der Waals surface area contributed by atoms with Gasteiger partial charge in [0, 0.05) is 18.2 Å². The summed E-state index contributed by atoms with van der Waals surface area (Å²) in [7, 11) is 0. The lowest BCUT2D eigenvalue weighted by Gasteiger charge is -2.15. The first kappa shape index (κ1) is 12.9. The van der Waals surface area contributed by atoms with Crippen LogP contribution < -0.4 is 11.1 Å². The normalized spacial score (nSPS) is 22.1. The number of anilines is 2. The van der Waals surface area contributed by atoms with Crippen molar-refractivity contribution >= 4 is 28.2 Å². The fraction of sp³-hybridized carbons (Fsp3) is 0.333. The number of nitrogen functional groups attached to an aromatic ring is 1. The molecule has 0 aliphatic carbocycles. The summed E-state index contributed by atoms with van der Waals surface area (Å²) in [6.07, 6.45) is 2.42. The largest absolute Gasteiger partial charge is 0.397 e. The summed E-state index contributed by atoms with van der Waals surface area (Å²) in [5, 5.41) is 3.82. The van der Waals surface area contributed by atoms with Crippen molar-refractivity contribution in [3.63, 3.8) is 0 Å². The molecule has 1 aliphatic heterocycles. The van der Waals surface area contributed by atoms with Gasteiger partial charge in [0.2, 0.25) is 5.91 Å². The Morgan fingerprint density at radius 1 is 1.45 bits per heavy atom. The minimum atomic E-state index is -0.0979. The van der Waals surface area contributed by atoms with Crippen LogP contribution in [0, 0.1) is 5.92 Å². The zero-order chi connectivity index (χ0) is 14.1. The van der Waals surface area contributed by atoms with Crippen LogP contribution in [0.4, 0.5) is 11.4 Å². The number of carbonyl (C=O) groups is 1.